The summed E-state index contributed by atoms with van der Waals surface area (Å²) in [6.45, 7) is 1.25. The summed E-state index contributed by atoms with van der Waals surface area (Å²) in [7, 11) is -3.96. The van der Waals surface area contributed by atoms with E-state index in [-0.39, 0.29) is 23.7 Å². The molecule has 2 saturated heterocycles. The zero-order valence-electron chi connectivity index (χ0n) is 16.8. The highest BCUT2D eigenvalue weighted by atomic mass is 31.2. The van der Waals surface area contributed by atoms with Gasteiger partial charge in [-0.25, -0.2) is 15.1 Å². The summed E-state index contributed by atoms with van der Waals surface area (Å²) < 4.78 is 36.3. The summed E-state index contributed by atoms with van der Waals surface area (Å²) in [6.07, 6.45) is -0.771. The number of nitrogens with one attached hydrogen (secondary N) is 1. The number of hydrogen-bond acceptors (Lipinski definition) is 10. The Morgan fingerprint density at radius 3 is 2.84 bits per heavy atom. The van der Waals surface area contributed by atoms with Crippen LogP contribution in [0.1, 0.15) is 13.2 Å². The molecular formula is C18H21N6O7P. The maximum atomic E-state index is 12.6. The van der Waals surface area contributed by atoms with E-state index in [1.54, 1.807) is 30.3 Å². The zero-order valence-corrected chi connectivity index (χ0v) is 17.7. The first-order chi connectivity index (χ1) is 15.1. The third kappa shape index (κ3) is 3.58. The second-order valence-corrected chi connectivity index (χ2v) is 9.26. The van der Waals surface area contributed by atoms with Crippen LogP contribution in [-0.2, 0) is 18.6 Å². The molecule has 4 heterocycles. The van der Waals surface area contributed by atoms with Crippen LogP contribution in [0.5, 0.6) is 5.75 Å². The average Bonchev–Trinajstić information content (AvgIpc) is 3.26. The SMILES string of the molecule is C[C@]1(O)O[C@H]2C(n3cnc4c(=O)[nH]c(N)nc43)OC(COP(N)(=O)Oc3ccccc3)C21. The molecule has 0 amide bonds. The van der Waals surface area contributed by atoms with Crippen molar-refractivity contribution in [3.05, 3.63) is 47.0 Å². The molecule has 4 unspecified atom stereocenters. The quantitative estimate of drug-likeness (QED) is 0.371. The molecule has 0 radical (unpaired) electrons. The molecule has 0 bridgehead atoms. The molecular weight excluding hydrogens is 443 g/mol. The Morgan fingerprint density at radius 2 is 2.12 bits per heavy atom. The third-order valence-electron chi connectivity index (χ3n) is 5.46. The Hall–Kier alpha value is -2.80. The fourth-order valence-electron chi connectivity index (χ4n) is 4.12. The first-order valence-corrected chi connectivity index (χ1v) is 11.3. The summed E-state index contributed by atoms with van der Waals surface area (Å²) >= 11 is 0. The van der Waals surface area contributed by atoms with Crippen LogP contribution in [0.4, 0.5) is 5.95 Å². The first-order valence-electron chi connectivity index (χ1n) is 9.70. The first kappa shape index (κ1) is 21.1. The number of nitrogens with two attached hydrogens (primary N) is 2. The van der Waals surface area contributed by atoms with Gasteiger partial charge < -0.3 is 24.8 Å². The van der Waals surface area contributed by atoms with Crippen LogP contribution >= 0.6 is 7.75 Å². The largest absolute Gasteiger partial charge is 0.456 e. The lowest BCUT2D eigenvalue weighted by molar-refractivity contribution is -0.354. The maximum Gasteiger partial charge on any atom is 0.456 e. The normalized spacial score (nSPS) is 31.1. The number of aromatic nitrogens is 4. The number of hydrogen-bond donors (Lipinski definition) is 4. The predicted molar refractivity (Wildman–Crippen MR) is 110 cm³/mol. The Balaban J connectivity index is 1.37. The van der Waals surface area contributed by atoms with Gasteiger partial charge in [0.2, 0.25) is 5.95 Å². The van der Waals surface area contributed by atoms with E-state index in [4.69, 9.17) is 29.8 Å². The van der Waals surface area contributed by atoms with E-state index < -0.39 is 43.4 Å². The van der Waals surface area contributed by atoms with E-state index in [9.17, 15) is 14.5 Å². The molecule has 2 aliphatic rings. The molecule has 32 heavy (non-hydrogen) atoms. The number of para-hydroxylation sites is 1. The lowest BCUT2D eigenvalue weighted by Crippen LogP contribution is -2.60. The smallest absolute Gasteiger partial charge is 0.413 e. The molecule has 6 N–H and O–H groups in total. The monoisotopic (exact) mass is 464 g/mol. The molecule has 0 saturated carbocycles. The number of imidazole rings is 1. The fraction of sp³-hybridized carbons (Fsp3) is 0.389. The molecule has 6 atom stereocenters. The Labute approximate surface area is 180 Å². The molecule has 3 aromatic rings. The van der Waals surface area contributed by atoms with Gasteiger partial charge in [0.25, 0.3) is 5.56 Å². The van der Waals surface area contributed by atoms with E-state index in [0.29, 0.717) is 5.75 Å². The molecule has 0 spiro atoms. The van der Waals surface area contributed by atoms with Gasteiger partial charge in [-0.15, -0.1) is 0 Å². The van der Waals surface area contributed by atoms with Gasteiger partial charge in [0, 0.05) is 0 Å². The Kier molecular flexibility index (Phi) is 4.85. The van der Waals surface area contributed by atoms with Crippen molar-refractivity contribution < 1.29 is 28.2 Å². The molecule has 170 valence electrons. The van der Waals surface area contributed by atoms with Gasteiger partial charge >= 0.3 is 7.75 Å². The molecule has 1 aromatic carbocycles. The van der Waals surface area contributed by atoms with E-state index in [2.05, 4.69) is 15.0 Å². The van der Waals surface area contributed by atoms with Gasteiger partial charge in [0.1, 0.15) is 11.9 Å². The molecule has 2 fully saturated rings. The molecule has 0 aliphatic carbocycles. The van der Waals surface area contributed by atoms with Crippen LogP contribution in [0.25, 0.3) is 11.2 Å². The summed E-state index contributed by atoms with van der Waals surface area (Å²) in [5, 5.41) is 10.5. The number of H-pyrrole nitrogens is 1. The van der Waals surface area contributed by atoms with Crippen LogP contribution in [0, 0.1) is 5.92 Å². The lowest BCUT2D eigenvalue weighted by atomic mass is 9.84. The minimum absolute atomic E-state index is 0.0767. The van der Waals surface area contributed by atoms with Crippen molar-refractivity contribution in [1.29, 1.82) is 0 Å². The van der Waals surface area contributed by atoms with E-state index in [1.807, 2.05) is 0 Å². The Bertz CT molecular complexity index is 1260. The number of nitrogen functional groups attached to an aromatic ring is 1. The minimum atomic E-state index is -3.96. The molecule has 2 aromatic heterocycles. The molecule has 5 rings (SSSR count). The van der Waals surface area contributed by atoms with Gasteiger partial charge in [0.05, 0.1) is 25.0 Å². The van der Waals surface area contributed by atoms with Crippen molar-refractivity contribution in [2.24, 2.45) is 11.4 Å². The van der Waals surface area contributed by atoms with E-state index >= 15 is 0 Å². The third-order valence-corrected chi connectivity index (χ3v) is 6.44. The number of aromatic amines is 1. The highest BCUT2D eigenvalue weighted by Gasteiger charge is 2.64. The maximum absolute atomic E-state index is 12.6. The number of fused-ring (bicyclic) bond motifs is 2. The van der Waals surface area contributed by atoms with Crippen molar-refractivity contribution in [1.82, 2.24) is 19.5 Å². The average molecular weight is 464 g/mol. The molecule has 2 aliphatic heterocycles. The number of benzene rings is 1. The number of aliphatic hydroxyl groups is 1. The summed E-state index contributed by atoms with van der Waals surface area (Å²) in [4.78, 5) is 22.6. The van der Waals surface area contributed by atoms with Crippen LogP contribution in [-0.4, -0.2) is 49.2 Å². The highest BCUT2D eigenvalue weighted by Crippen LogP contribution is 2.53. The van der Waals surface area contributed by atoms with Crippen molar-refractivity contribution in [3.8, 4) is 5.75 Å². The van der Waals surface area contributed by atoms with Gasteiger partial charge in [-0.05, 0) is 19.1 Å². The van der Waals surface area contributed by atoms with Crippen molar-refractivity contribution in [2.45, 2.75) is 31.1 Å². The van der Waals surface area contributed by atoms with Gasteiger partial charge in [-0.2, -0.15) is 4.98 Å². The van der Waals surface area contributed by atoms with Crippen LogP contribution in [0.3, 0.4) is 0 Å². The molecule has 14 heteroatoms. The molecule has 13 nitrogen and oxygen atoms in total. The van der Waals surface area contributed by atoms with Gasteiger partial charge in [-0.3, -0.25) is 18.9 Å². The zero-order chi connectivity index (χ0) is 22.7. The van der Waals surface area contributed by atoms with Crippen LogP contribution in [0.15, 0.2) is 41.5 Å². The standard InChI is InChI=1S/C18H21N6O7P/c1-18(26)11-10(7-28-32(20,27)31-9-5-3-2-4-6-9)29-16(13(11)30-18)24-8-21-12-14(24)22-17(19)23-15(12)25/h2-6,8,10-11,13,16,26H,7H2,1H3,(H2,20,27)(H3,19,22,23,25)/t10?,11?,13-,16?,18+,32?/m1/s1. The second kappa shape index (κ2) is 7.37. The summed E-state index contributed by atoms with van der Waals surface area (Å²) in [5.41, 5.74) is 11.2. The topological polar surface area (TPSA) is 190 Å². The van der Waals surface area contributed by atoms with Crippen LogP contribution < -0.4 is 21.3 Å². The second-order valence-electron chi connectivity index (χ2n) is 7.74. The van der Waals surface area contributed by atoms with Crippen LogP contribution in [0.2, 0.25) is 0 Å². The van der Waals surface area contributed by atoms with Gasteiger partial charge in [0.15, 0.2) is 23.2 Å². The van der Waals surface area contributed by atoms with Crippen molar-refractivity contribution in [2.75, 3.05) is 12.3 Å². The van der Waals surface area contributed by atoms with Crippen molar-refractivity contribution in [3.63, 3.8) is 0 Å². The minimum Gasteiger partial charge on any atom is -0.413 e. The predicted octanol–water partition coefficient (Wildman–Crippen LogP) is 0.485. The number of ether oxygens (including phenoxy) is 2. The fourth-order valence-corrected chi connectivity index (χ4v) is 4.94. The highest BCUT2D eigenvalue weighted by molar-refractivity contribution is 7.51. The Morgan fingerprint density at radius 1 is 1.38 bits per heavy atom. The lowest BCUT2D eigenvalue weighted by Gasteiger charge is -2.47. The van der Waals surface area contributed by atoms with E-state index in [0.717, 1.165) is 0 Å². The van der Waals surface area contributed by atoms with Crippen molar-refractivity contribution >= 4 is 24.9 Å². The number of rotatable bonds is 6. The van der Waals surface area contributed by atoms with Gasteiger partial charge in [-0.1, -0.05) is 18.2 Å². The summed E-state index contributed by atoms with van der Waals surface area (Å²) in [6, 6.07) is 8.37. The summed E-state index contributed by atoms with van der Waals surface area (Å²) in [5.74, 6) is -1.84. The van der Waals surface area contributed by atoms with E-state index in [1.165, 1.54) is 17.8 Å². The number of nitrogens with zero attached hydrogens (tertiary/aromatic N) is 3. The number of anilines is 1.